The van der Waals surface area contributed by atoms with Crippen molar-refractivity contribution in [2.45, 2.75) is 72.6 Å². The quantitative estimate of drug-likeness (QED) is 0.0491. The minimum Gasteiger partial charge on any atom is -0.377 e. The maximum Gasteiger partial charge on any atom is 0.314 e. The van der Waals surface area contributed by atoms with Gasteiger partial charge >= 0.3 is 12.1 Å². The Bertz CT molecular complexity index is 2750. The van der Waals surface area contributed by atoms with Crippen LogP contribution < -0.4 is 21.3 Å². The fourth-order valence-corrected chi connectivity index (χ4v) is 14.7. The van der Waals surface area contributed by atoms with Gasteiger partial charge in [0.15, 0.2) is 0 Å². The molecule has 0 unspecified atom stereocenters. The molecule has 8 rings (SSSR count). The lowest BCUT2D eigenvalue weighted by molar-refractivity contribution is 0.0123. The van der Waals surface area contributed by atoms with Crippen molar-refractivity contribution in [2.24, 2.45) is 0 Å². The van der Waals surface area contributed by atoms with Crippen molar-refractivity contribution in [1.29, 1.82) is 0 Å². The minimum absolute atomic E-state index is 0.0843. The number of rotatable bonds is 25. The highest BCUT2D eigenvalue weighted by Crippen LogP contribution is 2.41. The van der Waals surface area contributed by atoms with Gasteiger partial charge in [0.05, 0.1) is 61.6 Å². The molecular formula is C54H70Cl4N8O10S2. The van der Waals surface area contributed by atoms with E-state index in [1.807, 2.05) is 38.4 Å². The van der Waals surface area contributed by atoms with Gasteiger partial charge in [-0.05, 0) is 122 Å². The van der Waals surface area contributed by atoms with E-state index < -0.39 is 20.0 Å². The number of amides is 4. The number of carbonyl (C=O) groups excluding carboxylic acids is 2. The first-order valence-electron chi connectivity index (χ1n) is 26.4. The summed E-state index contributed by atoms with van der Waals surface area (Å²) < 4.78 is 81.2. The number of benzene rings is 4. The van der Waals surface area contributed by atoms with E-state index in [2.05, 4.69) is 31.1 Å². The van der Waals surface area contributed by atoms with Crippen LogP contribution >= 0.6 is 46.4 Å². The summed E-state index contributed by atoms with van der Waals surface area (Å²) in [5.41, 5.74) is 5.80. The molecule has 426 valence electrons. The fraction of sp³-hybridized carbons (Fsp3) is 0.519. The van der Waals surface area contributed by atoms with Gasteiger partial charge in [0.2, 0.25) is 20.0 Å². The van der Waals surface area contributed by atoms with Crippen molar-refractivity contribution in [2.75, 3.05) is 119 Å². The van der Waals surface area contributed by atoms with Crippen molar-refractivity contribution in [3.63, 3.8) is 0 Å². The molecule has 0 radical (unpaired) electrons. The third kappa shape index (κ3) is 16.0. The summed E-state index contributed by atoms with van der Waals surface area (Å²) >= 11 is 25.9. The van der Waals surface area contributed by atoms with Crippen LogP contribution in [0.15, 0.2) is 82.6 Å². The summed E-state index contributed by atoms with van der Waals surface area (Å²) in [6.45, 7) is 7.17. The molecule has 0 bridgehead atoms. The third-order valence-corrected chi connectivity index (χ3v) is 19.2. The standard InChI is InChI=1S/C54H70Cl4N8O10S2/c1-63-33-47(45-27-39(55)29-51(57)49(45)35-63)37-7-5-9-43(25-37)77(69,70)65-17-11-41(31-65)75-23-21-73-19-15-61-53(67)59-13-3-4-14-60-54(68)62-16-20-74-22-24-76-42-12-18-66(32-42)78(71,72)44-10-6-8-38(26-44)48-34-64(2)36-50-46(48)28-40(56)30-52(50)58/h5-10,25-30,41-42,47-48H,3-4,11-24,31-36H2,1-2H3,(H2,59,61,67)(H2,60,62,68)/t41-,42+,47-,48-/m0/s1. The molecule has 24 heteroatoms. The Morgan fingerprint density at radius 2 is 0.949 bits per heavy atom. The molecule has 0 aromatic heterocycles. The molecule has 2 fully saturated rings. The molecular weight excluding hydrogens is 1130 g/mol. The fourth-order valence-electron chi connectivity index (χ4n) is 10.5. The maximum absolute atomic E-state index is 13.8. The van der Waals surface area contributed by atoms with E-state index >= 15 is 0 Å². The van der Waals surface area contributed by atoms with Crippen molar-refractivity contribution in [3.05, 3.63) is 126 Å². The SMILES string of the molecule is CN1Cc2c(Cl)cc(Cl)cc2[C@H](c2cccc(S(=O)(=O)N3CC[C@@H](OCCOCCNC(=O)NCCCCNC(=O)NCCOCCO[C@H]4CCN(S(=O)(=O)c5cccc([C@@H]6CN(C)Cc7c(Cl)cc(Cl)cc76)c5)C4)C3)c2)C1. The van der Waals surface area contributed by atoms with E-state index in [9.17, 15) is 26.4 Å². The van der Waals surface area contributed by atoms with Gasteiger partial charge in [-0.25, -0.2) is 26.4 Å². The van der Waals surface area contributed by atoms with Crippen molar-refractivity contribution in [3.8, 4) is 0 Å². The van der Waals surface area contributed by atoms with Gasteiger partial charge in [0.25, 0.3) is 0 Å². The zero-order valence-corrected chi connectivity index (χ0v) is 48.7. The van der Waals surface area contributed by atoms with Crippen LogP contribution in [0.5, 0.6) is 0 Å². The van der Waals surface area contributed by atoms with Crippen molar-refractivity contribution < 1.29 is 45.4 Å². The second kappa shape index (κ2) is 28.2. The molecule has 4 aliphatic heterocycles. The van der Waals surface area contributed by atoms with E-state index in [0.717, 1.165) is 33.4 Å². The molecule has 4 N–H and O–H groups in total. The molecule has 0 saturated carbocycles. The first-order chi connectivity index (χ1) is 37.5. The van der Waals surface area contributed by atoms with Crippen LogP contribution in [0, 0.1) is 0 Å². The van der Waals surface area contributed by atoms with E-state index in [-0.39, 0.29) is 85.4 Å². The molecule has 4 aliphatic rings. The minimum atomic E-state index is -3.76. The van der Waals surface area contributed by atoms with Gasteiger partial charge in [-0.1, -0.05) is 70.7 Å². The zero-order chi connectivity index (χ0) is 55.4. The van der Waals surface area contributed by atoms with Gasteiger partial charge in [-0.2, -0.15) is 8.61 Å². The summed E-state index contributed by atoms with van der Waals surface area (Å²) in [6, 6.07) is 20.9. The Kier molecular flexibility index (Phi) is 21.8. The Balaban J connectivity index is 0.608. The Hall–Kier alpha value is -3.84. The number of fused-ring (bicyclic) bond motifs is 2. The number of unbranched alkanes of at least 4 members (excludes halogenated alkanes) is 1. The molecule has 4 aromatic carbocycles. The summed E-state index contributed by atoms with van der Waals surface area (Å²) in [6.07, 6.45) is 1.94. The summed E-state index contributed by atoms with van der Waals surface area (Å²) in [5, 5.41) is 13.4. The van der Waals surface area contributed by atoms with Gasteiger partial charge in [0.1, 0.15) is 0 Å². The van der Waals surface area contributed by atoms with Crippen LogP contribution in [0.2, 0.25) is 20.1 Å². The maximum atomic E-state index is 13.8. The second-order valence-electron chi connectivity index (χ2n) is 20.1. The number of carbonyl (C=O) groups is 2. The summed E-state index contributed by atoms with van der Waals surface area (Å²) in [5.74, 6) is -0.169. The van der Waals surface area contributed by atoms with Crippen molar-refractivity contribution in [1.82, 2.24) is 39.7 Å². The van der Waals surface area contributed by atoms with E-state index in [4.69, 9.17) is 65.4 Å². The highest BCUT2D eigenvalue weighted by molar-refractivity contribution is 7.89. The van der Waals surface area contributed by atoms with Gasteiger partial charge in [-0.15, -0.1) is 0 Å². The normalized spacial score (nSPS) is 20.3. The third-order valence-electron chi connectivity index (χ3n) is 14.4. The lowest BCUT2D eigenvalue weighted by Crippen LogP contribution is -2.39. The average molecular weight is 1200 g/mol. The first kappa shape index (κ1) is 60.3. The Morgan fingerprint density at radius 3 is 1.37 bits per heavy atom. The van der Waals surface area contributed by atoms with E-state index in [0.29, 0.717) is 124 Å². The highest BCUT2D eigenvalue weighted by Gasteiger charge is 2.36. The molecule has 78 heavy (non-hydrogen) atoms. The molecule has 4 amide bonds. The monoisotopic (exact) mass is 1190 g/mol. The van der Waals surface area contributed by atoms with Crippen LogP contribution in [0.25, 0.3) is 0 Å². The van der Waals surface area contributed by atoms with Crippen LogP contribution in [-0.2, 0) is 52.1 Å². The number of halogens is 4. The Morgan fingerprint density at radius 1 is 0.538 bits per heavy atom. The topological polar surface area (TPSA) is 200 Å². The second-order valence-corrected chi connectivity index (χ2v) is 25.7. The average Bonchev–Trinajstić information content (AvgIpc) is 4.16. The first-order valence-corrected chi connectivity index (χ1v) is 30.8. The van der Waals surface area contributed by atoms with E-state index in [1.54, 1.807) is 48.5 Å². The number of ether oxygens (including phenoxy) is 4. The number of hydrogen-bond donors (Lipinski definition) is 4. The Labute approximate surface area is 478 Å². The zero-order valence-electron chi connectivity index (χ0n) is 44.0. The smallest absolute Gasteiger partial charge is 0.314 e. The molecule has 0 aliphatic carbocycles. The number of nitrogens with one attached hydrogen (secondary N) is 4. The lowest BCUT2D eigenvalue weighted by atomic mass is 9.85. The lowest BCUT2D eigenvalue weighted by Gasteiger charge is -2.33. The molecule has 0 spiro atoms. The number of sulfonamides is 2. The highest BCUT2D eigenvalue weighted by atomic mass is 35.5. The number of nitrogens with zero attached hydrogens (tertiary/aromatic N) is 4. The van der Waals surface area contributed by atoms with Crippen molar-refractivity contribution >= 4 is 78.5 Å². The molecule has 2 saturated heterocycles. The number of likely N-dealkylation sites (N-methyl/N-ethyl adjacent to an activating group) is 2. The summed E-state index contributed by atoms with van der Waals surface area (Å²) in [4.78, 5) is 29.3. The van der Waals surface area contributed by atoms with Gasteiger partial charge in [0, 0.05) is 110 Å². The number of urea groups is 2. The van der Waals surface area contributed by atoms with Crippen LogP contribution in [0.3, 0.4) is 0 Å². The molecule has 4 aromatic rings. The summed E-state index contributed by atoms with van der Waals surface area (Å²) in [7, 11) is -3.49. The van der Waals surface area contributed by atoms with Crippen LogP contribution in [0.1, 0.15) is 70.9 Å². The van der Waals surface area contributed by atoms with E-state index in [1.165, 1.54) is 8.61 Å². The predicted octanol–water partition coefficient (Wildman–Crippen LogP) is 7.13. The molecule has 18 nitrogen and oxygen atoms in total. The molecule has 4 atom stereocenters. The number of hydrogen-bond acceptors (Lipinski definition) is 12. The van der Waals surface area contributed by atoms with Gasteiger partial charge in [-0.3, -0.25) is 0 Å². The largest absolute Gasteiger partial charge is 0.377 e. The molecule has 4 heterocycles. The van der Waals surface area contributed by atoms with Crippen LogP contribution in [-0.4, -0.2) is 179 Å². The van der Waals surface area contributed by atoms with Gasteiger partial charge < -0.3 is 50.0 Å². The van der Waals surface area contributed by atoms with Crippen LogP contribution in [0.4, 0.5) is 9.59 Å². The predicted molar refractivity (Wildman–Crippen MR) is 302 cm³/mol.